The van der Waals surface area contributed by atoms with E-state index in [-0.39, 0.29) is 18.0 Å². The quantitative estimate of drug-likeness (QED) is 0.920. The normalized spacial score (nSPS) is 10.0. The number of rotatable bonds is 4. The first-order valence-corrected chi connectivity index (χ1v) is 6.22. The summed E-state index contributed by atoms with van der Waals surface area (Å²) in [6.45, 7) is 2.17. The van der Waals surface area contributed by atoms with Crippen LogP contribution in [-0.4, -0.2) is 36.9 Å². The van der Waals surface area contributed by atoms with Gasteiger partial charge >= 0.3 is 0 Å². The molecular weight excluding hydrogens is 303 g/mol. The summed E-state index contributed by atoms with van der Waals surface area (Å²) in [5.74, 6) is -1.43. The van der Waals surface area contributed by atoms with Crippen molar-refractivity contribution in [1.29, 1.82) is 0 Å². The summed E-state index contributed by atoms with van der Waals surface area (Å²) >= 11 is 3.12. The van der Waals surface area contributed by atoms with Gasteiger partial charge in [0.05, 0.1) is 12.1 Å². The summed E-state index contributed by atoms with van der Waals surface area (Å²) in [7, 11) is 1.45. The van der Waals surface area contributed by atoms with Gasteiger partial charge in [-0.25, -0.2) is 4.39 Å². The van der Waals surface area contributed by atoms with Crippen LogP contribution in [-0.2, 0) is 4.79 Å². The van der Waals surface area contributed by atoms with Crippen LogP contribution in [0.4, 0.5) is 4.39 Å². The minimum Gasteiger partial charge on any atom is -0.355 e. The maximum absolute atomic E-state index is 13.6. The van der Waals surface area contributed by atoms with Crippen molar-refractivity contribution < 1.29 is 14.0 Å². The van der Waals surface area contributed by atoms with Gasteiger partial charge in [-0.3, -0.25) is 9.59 Å². The van der Waals surface area contributed by atoms with E-state index in [9.17, 15) is 14.0 Å². The number of carbonyl (C=O) groups is 2. The molecular formula is C12H14BrFN2O2. The number of nitrogens with zero attached hydrogens (tertiary/aromatic N) is 1. The zero-order chi connectivity index (χ0) is 13.7. The molecule has 0 saturated carbocycles. The van der Waals surface area contributed by atoms with Gasteiger partial charge in [0.15, 0.2) is 0 Å². The molecule has 0 bridgehead atoms. The number of hydrogen-bond donors (Lipinski definition) is 1. The molecule has 0 spiro atoms. The standard InChI is InChI=1S/C12H14BrFN2O2/c1-3-15-10(17)7-16(2)12(18)11-8(13)5-4-6-9(11)14/h4-6H,3,7H2,1-2H3,(H,15,17). The summed E-state index contributed by atoms with van der Waals surface area (Å²) in [4.78, 5) is 24.5. The number of hydrogen-bond acceptors (Lipinski definition) is 2. The first-order valence-electron chi connectivity index (χ1n) is 5.43. The van der Waals surface area contributed by atoms with Crippen molar-refractivity contribution in [3.8, 4) is 0 Å². The molecule has 0 aliphatic carbocycles. The molecule has 0 heterocycles. The highest BCUT2D eigenvalue weighted by atomic mass is 79.9. The zero-order valence-corrected chi connectivity index (χ0v) is 11.8. The van der Waals surface area contributed by atoms with E-state index in [0.717, 1.165) is 0 Å². The van der Waals surface area contributed by atoms with Crippen LogP contribution >= 0.6 is 15.9 Å². The van der Waals surface area contributed by atoms with Gasteiger partial charge in [-0.1, -0.05) is 6.07 Å². The fourth-order valence-corrected chi connectivity index (χ4v) is 1.94. The molecule has 2 amide bonds. The van der Waals surface area contributed by atoms with E-state index in [4.69, 9.17) is 0 Å². The Balaban J connectivity index is 2.84. The number of amides is 2. The predicted octanol–water partition coefficient (Wildman–Crippen LogP) is 1.80. The van der Waals surface area contributed by atoms with Gasteiger partial charge in [0.25, 0.3) is 5.91 Å². The Labute approximate surface area is 113 Å². The van der Waals surface area contributed by atoms with Crippen molar-refractivity contribution in [3.63, 3.8) is 0 Å². The second-order valence-electron chi connectivity index (χ2n) is 3.71. The van der Waals surface area contributed by atoms with E-state index in [1.54, 1.807) is 13.0 Å². The van der Waals surface area contributed by atoms with Crippen molar-refractivity contribution in [2.75, 3.05) is 20.1 Å². The van der Waals surface area contributed by atoms with Crippen LogP contribution < -0.4 is 5.32 Å². The highest BCUT2D eigenvalue weighted by molar-refractivity contribution is 9.10. The molecule has 1 N–H and O–H groups in total. The second-order valence-corrected chi connectivity index (χ2v) is 4.57. The van der Waals surface area contributed by atoms with Crippen LogP contribution in [0.3, 0.4) is 0 Å². The molecule has 4 nitrogen and oxygen atoms in total. The van der Waals surface area contributed by atoms with Crippen molar-refractivity contribution in [2.24, 2.45) is 0 Å². The van der Waals surface area contributed by atoms with Gasteiger partial charge in [0.2, 0.25) is 5.91 Å². The van der Waals surface area contributed by atoms with Crippen molar-refractivity contribution in [1.82, 2.24) is 10.2 Å². The minimum absolute atomic E-state index is 0.0655. The third-order valence-corrected chi connectivity index (χ3v) is 2.94. The molecule has 0 aromatic heterocycles. The molecule has 0 saturated heterocycles. The summed E-state index contributed by atoms with van der Waals surface area (Å²) in [5, 5.41) is 2.57. The lowest BCUT2D eigenvalue weighted by atomic mass is 10.2. The molecule has 98 valence electrons. The molecule has 0 aliphatic rings. The van der Waals surface area contributed by atoms with Gasteiger partial charge < -0.3 is 10.2 Å². The molecule has 1 aromatic carbocycles. The number of nitrogens with one attached hydrogen (secondary N) is 1. The van der Waals surface area contributed by atoms with Crippen LogP contribution in [0.15, 0.2) is 22.7 Å². The number of carbonyl (C=O) groups excluding carboxylic acids is 2. The molecule has 6 heteroatoms. The van der Waals surface area contributed by atoms with Gasteiger partial charge in [-0.15, -0.1) is 0 Å². The average Bonchev–Trinajstić information content (AvgIpc) is 2.28. The molecule has 0 unspecified atom stereocenters. The number of benzene rings is 1. The molecule has 0 aliphatic heterocycles. The Kier molecular flexibility index (Phi) is 5.27. The first kappa shape index (κ1) is 14.6. The highest BCUT2D eigenvalue weighted by Crippen LogP contribution is 2.20. The van der Waals surface area contributed by atoms with Crippen LogP contribution in [0.2, 0.25) is 0 Å². The lowest BCUT2D eigenvalue weighted by Crippen LogP contribution is -2.38. The van der Waals surface area contributed by atoms with Gasteiger partial charge in [-0.05, 0) is 35.0 Å². The van der Waals surface area contributed by atoms with Crippen LogP contribution in [0.1, 0.15) is 17.3 Å². The van der Waals surface area contributed by atoms with Crippen molar-refractivity contribution in [2.45, 2.75) is 6.92 Å². The van der Waals surface area contributed by atoms with Crippen molar-refractivity contribution >= 4 is 27.7 Å². The lowest BCUT2D eigenvalue weighted by molar-refractivity contribution is -0.121. The van der Waals surface area contributed by atoms with E-state index in [1.807, 2.05) is 0 Å². The third-order valence-electron chi connectivity index (χ3n) is 2.28. The molecule has 0 fully saturated rings. The lowest BCUT2D eigenvalue weighted by Gasteiger charge is -2.17. The highest BCUT2D eigenvalue weighted by Gasteiger charge is 2.20. The van der Waals surface area contributed by atoms with E-state index >= 15 is 0 Å². The minimum atomic E-state index is -0.614. The molecule has 0 atom stereocenters. The number of halogens is 2. The molecule has 1 rings (SSSR count). The Morgan fingerprint density at radius 3 is 2.67 bits per heavy atom. The van der Waals surface area contributed by atoms with Gasteiger partial charge in [-0.2, -0.15) is 0 Å². The summed E-state index contributed by atoms with van der Waals surface area (Å²) in [5.41, 5.74) is -0.0655. The predicted molar refractivity (Wildman–Crippen MR) is 69.7 cm³/mol. The van der Waals surface area contributed by atoms with Gasteiger partial charge in [0.1, 0.15) is 5.82 Å². The molecule has 0 radical (unpaired) electrons. The maximum Gasteiger partial charge on any atom is 0.258 e. The SMILES string of the molecule is CCNC(=O)CN(C)C(=O)c1c(F)cccc1Br. The van der Waals surface area contributed by atoms with E-state index in [2.05, 4.69) is 21.2 Å². The summed E-state index contributed by atoms with van der Waals surface area (Å²) in [6, 6.07) is 4.29. The Morgan fingerprint density at radius 2 is 2.11 bits per heavy atom. The van der Waals surface area contributed by atoms with Crippen molar-refractivity contribution in [3.05, 3.63) is 34.1 Å². The molecule has 18 heavy (non-hydrogen) atoms. The fraction of sp³-hybridized carbons (Fsp3) is 0.333. The summed E-state index contributed by atoms with van der Waals surface area (Å²) in [6.07, 6.45) is 0. The smallest absolute Gasteiger partial charge is 0.258 e. The summed E-state index contributed by atoms with van der Waals surface area (Å²) < 4.78 is 13.9. The van der Waals surface area contributed by atoms with Crippen LogP contribution in [0.25, 0.3) is 0 Å². The first-order chi connectivity index (χ1) is 8.47. The van der Waals surface area contributed by atoms with Crippen LogP contribution in [0, 0.1) is 5.82 Å². The molecule has 1 aromatic rings. The monoisotopic (exact) mass is 316 g/mol. The van der Waals surface area contributed by atoms with E-state index in [1.165, 1.54) is 24.1 Å². The largest absolute Gasteiger partial charge is 0.355 e. The van der Waals surface area contributed by atoms with Crippen LogP contribution in [0.5, 0.6) is 0 Å². The van der Waals surface area contributed by atoms with Gasteiger partial charge in [0, 0.05) is 18.1 Å². The number of likely N-dealkylation sites (N-methyl/N-ethyl adjacent to an activating group) is 2. The Hall–Kier alpha value is -1.43. The zero-order valence-electron chi connectivity index (χ0n) is 10.2. The van der Waals surface area contributed by atoms with E-state index in [0.29, 0.717) is 11.0 Å². The Morgan fingerprint density at radius 1 is 1.44 bits per heavy atom. The third kappa shape index (κ3) is 3.53. The average molecular weight is 317 g/mol. The maximum atomic E-state index is 13.6. The topological polar surface area (TPSA) is 49.4 Å². The second kappa shape index (κ2) is 6.49. The van der Waals surface area contributed by atoms with E-state index < -0.39 is 11.7 Å². The Bertz CT molecular complexity index is 445. The fourth-order valence-electron chi connectivity index (χ4n) is 1.43.